The second-order valence-corrected chi connectivity index (χ2v) is 6.36. The Morgan fingerprint density at radius 1 is 1.56 bits per heavy atom. The first-order valence-corrected chi connectivity index (χ1v) is 7.15. The summed E-state index contributed by atoms with van der Waals surface area (Å²) in [5.41, 5.74) is 0.748. The van der Waals surface area contributed by atoms with Gasteiger partial charge in [0.1, 0.15) is 11.5 Å². The molecule has 0 aliphatic carbocycles. The summed E-state index contributed by atoms with van der Waals surface area (Å²) < 4.78 is 28.9. The quantitative estimate of drug-likeness (QED) is 0.860. The number of hydrogen-bond donors (Lipinski definition) is 1. The Bertz CT molecular complexity index is 452. The lowest BCUT2D eigenvalue weighted by Crippen LogP contribution is -2.22. The van der Waals surface area contributed by atoms with Crippen LogP contribution in [0.4, 0.5) is 0 Å². The molecule has 0 amide bonds. The minimum Gasteiger partial charge on any atom is -0.447 e. The fourth-order valence-corrected chi connectivity index (χ4v) is 3.80. The van der Waals surface area contributed by atoms with Gasteiger partial charge in [-0.05, 0) is 19.9 Å². The molecule has 0 saturated carbocycles. The Morgan fingerprint density at radius 2 is 2.38 bits per heavy atom. The molecular formula is C10H16N2O3S. The van der Waals surface area contributed by atoms with Gasteiger partial charge in [0.05, 0.1) is 11.4 Å². The minimum absolute atomic E-state index is 0.251. The van der Waals surface area contributed by atoms with E-state index in [9.17, 15) is 8.42 Å². The molecule has 16 heavy (non-hydrogen) atoms. The van der Waals surface area contributed by atoms with E-state index in [4.69, 9.17) is 4.42 Å². The summed E-state index contributed by atoms with van der Waals surface area (Å²) >= 11 is 0. The molecule has 2 rings (SSSR count). The fourth-order valence-electron chi connectivity index (χ4n) is 1.96. The molecule has 1 aromatic heterocycles. The first-order valence-electron chi connectivity index (χ1n) is 5.44. The van der Waals surface area contributed by atoms with Gasteiger partial charge in [-0.1, -0.05) is 6.42 Å². The number of aromatic nitrogens is 1. The Morgan fingerprint density at radius 3 is 3.06 bits per heavy atom. The maximum Gasteiger partial charge on any atom is 0.212 e. The van der Waals surface area contributed by atoms with Gasteiger partial charge in [-0.15, -0.1) is 0 Å². The molecule has 1 saturated heterocycles. The van der Waals surface area contributed by atoms with Crippen LogP contribution in [0.5, 0.6) is 0 Å². The maximum atomic E-state index is 11.8. The smallest absolute Gasteiger partial charge is 0.212 e. The van der Waals surface area contributed by atoms with Crippen molar-refractivity contribution in [2.75, 3.05) is 12.8 Å². The van der Waals surface area contributed by atoms with Crippen molar-refractivity contribution < 1.29 is 12.8 Å². The van der Waals surface area contributed by atoms with E-state index in [2.05, 4.69) is 10.3 Å². The van der Waals surface area contributed by atoms with Crippen LogP contribution in [0.25, 0.3) is 0 Å². The van der Waals surface area contributed by atoms with E-state index in [1.165, 1.54) is 6.26 Å². The molecular weight excluding hydrogens is 228 g/mol. The van der Waals surface area contributed by atoms with Crippen molar-refractivity contribution in [1.82, 2.24) is 10.3 Å². The van der Waals surface area contributed by atoms with Crippen molar-refractivity contribution >= 4 is 9.84 Å². The van der Waals surface area contributed by atoms with Gasteiger partial charge < -0.3 is 9.73 Å². The molecule has 1 N–H and O–H groups in total. The van der Waals surface area contributed by atoms with Gasteiger partial charge in [-0.3, -0.25) is 0 Å². The van der Waals surface area contributed by atoms with E-state index in [0.29, 0.717) is 18.9 Å². The molecule has 6 heteroatoms. The monoisotopic (exact) mass is 244 g/mol. The normalized spacial score (nSPS) is 24.4. The molecule has 0 bridgehead atoms. The van der Waals surface area contributed by atoms with Crippen molar-refractivity contribution in [3.63, 3.8) is 0 Å². The number of oxazole rings is 1. The zero-order valence-electron chi connectivity index (χ0n) is 9.27. The van der Waals surface area contributed by atoms with Crippen LogP contribution in [0.2, 0.25) is 0 Å². The van der Waals surface area contributed by atoms with Gasteiger partial charge >= 0.3 is 0 Å². The molecule has 1 unspecified atom stereocenters. The summed E-state index contributed by atoms with van der Waals surface area (Å²) in [5.74, 6) is 0.603. The molecule has 0 radical (unpaired) electrons. The van der Waals surface area contributed by atoms with E-state index in [-0.39, 0.29) is 5.75 Å². The highest BCUT2D eigenvalue weighted by Crippen LogP contribution is 2.32. The molecule has 1 aliphatic rings. The Balaban J connectivity index is 2.22. The van der Waals surface area contributed by atoms with Crippen molar-refractivity contribution in [3.05, 3.63) is 17.8 Å². The molecule has 90 valence electrons. The van der Waals surface area contributed by atoms with Crippen molar-refractivity contribution in [1.29, 1.82) is 0 Å². The molecule has 1 fully saturated rings. The molecule has 0 spiro atoms. The average molecular weight is 244 g/mol. The first-order chi connectivity index (χ1) is 7.63. The zero-order chi connectivity index (χ0) is 11.6. The van der Waals surface area contributed by atoms with E-state index in [0.717, 1.165) is 18.5 Å². The molecule has 5 nitrogen and oxygen atoms in total. The first kappa shape index (κ1) is 11.6. The van der Waals surface area contributed by atoms with Crippen LogP contribution in [0.1, 0.15) is 36.1 Å². The highest BCUT2D eigenvalue weighted by Gasteiger charge is 2.33. The summed E-state index contributed by atoms with van der Waals surface area (Å²) in [5, 5.41) is 2.41. The van der Waals surface area contributed by atoms with Crippen LogP contribution in [0, 0.1) is 0 Å². The van der Waals surface area contributed by atoms with Crippen molar-refractivity contribution in [2.24, 2.45) is 0 Å². The summed E-state index contributed by atoms with van der Waals surface area (Å²) in [6.07, 6.45) is 3.83. The third-order valence-corrected chi connectivity index (χ3v) is 4.94. The van der Waals surface area contributed by atoms with Crippen LogP contribution >= 0.6 is 0 Å². The highest BCUT2D eigenvalue weighted by atomic mass is 32.2. The SMILES string of the molecule is CNCc1coc(C2CCCCS2(=O)=O)n1. The van der Waals surface area contributed by atoms with Gasteiger partial charge in [0.25, 0.3) is 0 Å². The predicted octanol–water partition coefficient (Wildman–Crippen LogP) is 1.03. The zero-order valence-corrected chi connectivity index (χ0v) is 10.1. The van der Waals surface area contributed by atoms with Crippen LogP contribution in [-0.2, 0) is 16.4 Å². The van der Waals surface area contributed by atoms with Crippen LogP contribution < -0.4 is 5.32 Å². The van der Waals surface area contributed by atoms with E-state index in [1.807, 2.05) is 7.05 Å². The van der Waals surface area contributed by atoms with Gasteiger partial charge in [0, 0.05) is 6.54 Å². The second-order valence-electron chi connectivity index (χ2n) is 4.06. The lowest BCUT2D eigenvalue weighted by molar-refractivity contribution is 0.452. The summed E-state index contributed by atoms with van der Waals surface area (Å²) in [4.78, 5) is 4.21. The topological polar surface area (TPSA) is 72.2 Å². The Kier molecular flexibility index (Phi) is 3.30. The second kappa shape index (κ2) is 4.55. The number of rotatable bonds is 3. The molecule has 0 aromatic carbocycles. The lowest BCUT2D eigenvalue weighted by atomic mass is 10.2. The molecule has 2 heterocycles. The van der Waals surface area contributed by atoms with E-state index in [1.54, 1.807) is 0 Å². The van der Waals surface area contributed by atoms with Crippen LogP contribution in [0.3, 0.4) is 0 Å². The average Bonchev–Trinajstić information content (AvgIpc) is 2.66. The molecule has 1 aliphatic heterocycles. The van der Waals surface area contributed by atoms with E-state index >= 15 is 0 Å². The maximum absolute atomic E-state index is 11.8. The number of hydrogen-bond acceptors (Lipinski definition) is 5. The highest BCUT2D eigenvalue weighted by molar-refractivity contribution is 7.91. The Hall–Kier alpha value is -0.880. The number of sulfone groups is 1. The predicted molar refractivity (Wildman–Crippen MR) is 59.6 cm³/mol. The van der Waals surface area contributed by atoms with Gasteiger partial charge in [-0.2, -0.15) is 0 Å². The Labute approximate surface area is 95.2 Å². The van der Waals surface area contributed by atoms with E-state index < -0.39 is 15.1 Å². The summed E-state index contributed by atoms with van der Waals surface area (Å²) in [6, 6.07) is 0. The lowest BCUT2D eigenvalue weighted by Gasteiger charge is -2.18. The van der Waals surface area contributed by atoms with Gasteiger partial charge in [-0.25, -0.2) is 13.4 Å². The van der Waals surface area contributed by atoms with Gasteiger partial charge in [0.15, 0.2) is 9.84 Å². The number of nitrogens with zero attached hydrogens (tertiary/aromatic N) is 1. The summed E-state index contributed by atoms with van der Waals surface area (Å²) in [7, 11) is -1.24. The van der Waals surface area contributed by atoms with Crippen LogP contribution in [-0.4, -0.2) is 26.2 Å². The third kappa shape index (κ3) is 2.27. The number of nitrogens with one attached hydrogen (secondary N) is 1. The largest absolute Gasteiger partial charge is 0.447 e. The van der Waals surface area contributed by atoms with Crippen molar-refractivity contribution in [3.8, 4) is 0 Å². The van der Waals surface area contributed by atoms with Crippen molar-refractivity contribution in [2.45, 2.75) is 31.1 Å². The fraction of sp³-hybridized carbons (Fsp3) is 0.700. The summed E-state index contributed by atoms with van der Waals surface area (Å²) in [6.45, 7) is 0.594. The van der Waals surface area contributed by atoms with Crippen LogP contribution in [0.15, 0.2) is 10.7 Å². The minimum atomic E-state index is -3.05. The van der Waals surface area contributed by atoms with Gasteiger partial charge in [0.2, 0.25) is 5.89 Å². The molecule has 1 aromatic rings. The standard InChI is InChI=1S/C10H16N2O3S/c1-11-6-8-7-15-10(12-8)9-4-2-3-5-16(9,13)14/h7,9,11H,2-6H2,1H3. The third-order valence-electron chi connectivity index (χ3n) is 2.78. The molecule has 1 atom stereocenters.